The number of rotatable bonds is 2. The smallest absolute Gasteiger partial charge is 0.0951 e. The Balaban J connectivity index is 2.74. The van der Waals surface area contributed by atoms with E-state index in [1.807, 2.05) is 20.8 Å². The topological polar surface area (TPSA) is 59.4 Å². The van der Waals surface area contributed by atoms with Crippen molar-refractivity contribution in [1.29, 1.82) is 0 Å². The molecule has 13 heavy (non-hydrogen) atoms. The van der Waals surface area contributed by atoms with Crippen LogP contribution in [0.15, 0.2) is 23.0 Å². The van der Waals surface area contributed by atoms with Gasteiger partial charge in [-0.1, -0.05) is 20.8 Å². The van der Waals surface area contributed by atoms with E-state index in [1.54, 1.807) is 18.6 Å². The van der Waals surface area contributed by atoms with E-state index in [9.17, 15) is 5.11 Å². The molecule has 0 radical (unpaired) electrons. The van der Waals surface area contributed by atoms with Gasteiger partial charge in [0.05, 0.1) is 24.7 Å². The van der Waals surface area contributed by atoms with Gasteiger partial charge in [-0.2, -0.15) is 0 Å². The third-order valence-corrected chi connectivity index (χ3v) is 2.16. The maximum atomic E-state index is 9.86. The molecule has 1 heterocycles. The van der Waals surface area contributed by atoms with E-state index in [1.165, 1.54) is 0 Å². The van der Waals surface area contributed by atoms with Crippen molar-refractivity contribution in [3.05, 3.63) is 24.2 Å². The van der Waals surface area contributed by atoms with Crippen LogP contribution in [0.25, 0.3) is 0 Å². The standard InChI is InChI=1S/C10H17NO2/c1-10(2,3)9(12)8(11)7-4-5-13-6-7/h4-6,8-9,12H,11H2,1-3H3. The second-order valence-electron chi connectivity index (χ2n) is 4.39. The van der Waals surface area contributed by atoms with Crippen molar-refractivity contribution in [2.45, 2.75) is 32.9 Å². The predicted octanol–water partition coefficient (Wildman–Crippen LogP) is 1.69. The Kier molecular flexibility index (Phi) is 2.78. The van der Waals surface area contributed by atoms with Gasteiger partial charge in [-0.15, -0.1) is 0 Å². The summed E-state index contributed by atoms with van der Waals surface area (Å²) in [5.74, 6) is 0. The number of aliphatic hydroxyl groups is 1. The van der Waals surface area contributed by atoms with Crippen molar-refractivity contribution in [3.8, 4) is 0 Å². The molecule has 1 aromatic rings. The van der Waals surface area contributed by atoms with Crippen LogP contribution in [0, 0.1) is 5.41 Å². The van der Waals surface area contributed by atoms with Gasteiger partial charge in [0, 0.05) is 5.56 Å². The summed E-state index contributed by atoms with van der Waals surface area (Å²) in [5.41, 5.74) is 6.48. The molecule has 2 atom stereocenters. The Morgan fingerprint density at radius 3 is 2.46 bits per heavy atom. The molecule has 0 bridgehead atoms. The zero-order chi connectivity index (χ0) is 10.1. The van der Waals surface area contributed by atoms with E-state index in [-0.39, 0.29) is 11.5 Å². The van der Waals surface area contributed by atoms with E-state index >= 15 is 0 Å². The van der Waals surface area contributed by atoms with Crippen LogP contribution in [0.1, 0.15) is 32.4 Å². The van der Waals surface area contributed by atoms with E-state index in [0.717, 1.165) is 5.56 Å². The first-order chi connectivity index (χ1) is 5.93. The van der Waals surface area contributed by atoms with E-state index in [2.05, 4.69) is 0 Å². The van der Waals surface area contributed by atoms with Crippen molar-refractivity contribution in [2.75, 3.05) is 0 Å². The minimum atomic E-state index is -0.565. The number of hydrogen-bond acceptors (Lipinski definition) is 3. The minimum Gasteiger partial charge on any atom is -0.472 e. The van der Waals surface area contributed by atoms with Gasteiger partial charge in [-0.3, -0.25) is 0 Å². The van der Waals surface area contributed by atoms with Gasteiger partial charge in [-0.25, -0.2) is 0 Å². The SMILES string of the molecule is CC(C)(C)C(O)C(N)c1ccoc1. The maximum absolute atomic E-state index is 9.86. The Bertz CT molecular complexity index is 248. The molecule has 0 saturated carbocycles. The highest BCUT2D eigenvalue weighted by Crippen LogP contribution is 2.28. The fraction of sp³-hybridized carbons (Fsp3) is 0.600. The van der Waals surface area contributed by atoms with Gasteiger partial charge in [0.25, 0.3) is 0 Å². The molecular weight excluding hydrogens is 166 g/mol. The lowest BCUT2D eigenvalue weighted by Gasteiger charge is -2.30. The molecule has 0 amide bonds. The Labute approximate surface area is 78.5 Å². The molecule has 74 valence electrons. The van der Waals surface area contributed by atoms with Gasteiger partial charge >= 0.3 is 0 Å². The third kappa shape index (κ3) is 2.32. The molecular formula is C10H17NO2. The molecule has 3 N–H and O–H groups in total. The Morgan fingerprint density at radius 1 is 1.46 bits per heavy atom. The normalized spacial score (nSPS) is 17.0. The van der Waals surface area contributed by atoms with Crippen molar-refractivity contribution in [1.82, 2.24) is 0 Å². The Hall–Kier alpha value is -0.800. The average molecular weight is 183 g/mol. The fourth-order valence-corrected chi connectivity index (χ4v) is 1.19. The second-order valence-corrected chi connectivity index (χ2v) is 4.39. The number of furan rings is 1. The first-order valence-corrected chi connectivity index (χ1v) is 4.38. The summed E-state index contributed by atoms with van der Waals surface area (Å²) in [4.78, 5) is 0. The summed E-state index contributed by atoms with van der Waals surface area (Å²) in [5, 5.41) is 9.86. The first-order valence-electron chi connectivity index (χ1n) is 4.38. The highest BCUT2D eigenvalue weighted by molar-refractivity contribution is 5.13. The number of hydrogen-bond donors (Lipinski definition) is 2. The van der Waals surface area contributed by atoms with Gasteiger partial charge in [0.15, 0.2) is 0 Å². The lowest BCUT2D eigenvalue weighted by molar-refractivity contribution is 0.0399. The summed E-state index contributed by atoms with van der Waals surface area (Å²) >= 11 is 0. The highest BCUT2D eigenvalue weighted by atomic mass is 16.3. The van der Waals surface area contributed by atoms with Crippen LogP contribution in [-0.4, -0.2) is 11.2 Å². The van der Waals surface area contributed by atoms with Crippen LogP contribution < -0.4 is 5.73 Å². The zero-order valence-electron chi connectivity index (χ0n) is 8.32. The zero-order valence-corrected chi connectivity index (χ0v) is 8.32. The summed E-state index contributed by atoms with van der Waals surface area (Å²) in [6.45, 7) is 5.87. The van der Waals surface area contributed by atoms with Crippen molar-refractivity contribution in [3.63, 3.8) is 0 Å². The summed E-state index contributed by atoms with van der Waals surface area (Å²) in [6.07, 6.45) is 2.56. The third-order valence-electron chi connectivity index (χ3n) is 2.16. The predicted molar refractivity (Wildman–Crippen MR) is 51.1 cm³/mol. The second kappa shape index (κ2) is 3.52. The lowest BCUT2D eigenvalue weighted by Crippen LogP contribution is -2.36. The van der Waals surface area contributed by atoms with Gasteiger partial charge in [0.1, 0.15) is 0 Å². The summed E-state index contributed by atoms with van der Waals surface area (Å²) in [6, 6.07) is 1.40. The van der Waals surface area contributed by atoms with Crippen molar-refractivity contribution in [2.24, 2.45) is 11.1 Å². The molecule has 0 saturated heterocycles. The highest BCUT2D eigenvalue weighted by Gasteiger charge is 2.29. The number of aliphatic hydroxyl groups excluding tert-OH is 1. The monoisotopic (exact) mass is 183 g/mol. The quantitative estimate of drug-likeness (QED) is 0.733. The molecule has 0 fully saturated rings. The van der Waals surface area contributed by atoms with Crippen LogP contribution >= 0.6 is 0 Å². The average Bonchev–Trinajstić information content (AvgIpc) is 2.51. The van der Waals surface area contributed by atoms with Crippen molar-refractivity contribution < 1.29 is 9.52 Å². The molecule has 0 aliphatic heterocycles. The van der Waals surface area contributed by atoms with E-state index in [4.69, 9.17) is 10.2 Å². The molecule has 1 aromatic heterocycles. The van der Waals surface area contributed by atoms with Gasteiger partial charge < -0.3 is 15.3 Å². The summed E-state index contributed by atoms with van der Waals surface area (Å²) in [7, 11) is 0. The molecule has 0 aliphatic rings. The van der Waals surface area contributed by atoms with E-state index < -0.39 is 6.10 Å². The molecule has 0 spiro atoms. The Morgan fingerprint density at radius 2 is 2.08 bits per heavy atom. The van der Waals surface area contributed by atoms with Crippen LogP contribution in [0.5, 0.6) is 0 Å². The van der Waals surface area contributed by atoms with Gasteiger partial charge in [0.2, 0.25) is 0 Å². The first kappa shape index (κ1) is 10.3. The maximum Gasteiger partial charge on any atom is 0.0951 e. The van der Waals surface area contributed by atoms with Gasteiger partial charge in [-0.05, 0) is 11.5 Å². The van der Waals surface area contributed by atoms with Crippen LogP contribution in [0.2, 0.25) is 0 Å². The van der Waals surface area contributed by atoms with Crippen LogP contribution in [0.4, 0.5) is 0 Å². The largest absolute Gasteiger partial charge is 0.472 e. The molecule has 0 aromatic carbocycles. The summed E-state index contributed by atoms with van der Waals surface area (Å²) < 4.78 is 4.91. The fourth-order valence-electron chi connectivity index (χ4n) is 1.19. The minimum absolute atomic E-state index is 0.212. The van der Waals surface area contributed by atoms with Crippen LogP contribution in [0.3, 0.4) is 0 Å². The molecule has 3 nitrogen and oxygen atoms in total. The van der Waals surface area contributed by atoms with Crippen LogP contribution in [-0.2, 0) is 0 Å². The van der Waals surface area contributed by atoms with E-state index in [0.29, 0.717) is 0 Å². The van der Waals surface area contributed by atoms with Crippen molar-refractivity contribution >= 4 is 0 Å². The molecule has 3 heteroatoms. The molecule has 1 rings (SSSR count). The molecule has 2 unspecified atom stereocenters. The molecule has 0 aliphatic carbocycles. The number of nitrogens with two attached hydrogens (primary N) is 1. The lowest BCUT2D eigenvalue weighted by atomic mass is 9.83.